The van der Waals surface area contributed by atoms with Crippen LogP contribution in [0.25, 0.3) is 0 Å². The number of cyclic esters (lactones) is 1. The van der Waals surface area contributed by atoms with Gasteiger partial charge in [-0.2, -0.15) is 0 Å². The summed E-state index contributed by atoms with van der Waals surface area (Å²) in [6.45, 7) is 6.85. The van der Waals surface area contributed by atoms with Gasteiger partial charge >= 0.3 is 12.1 Å². The third-order valence-corrected chi connectivity index (χ3v) is 5.50. The number of urea groups is 1. The van der Waals surface area contributed by atoms with E-state index in [1.54, 1.807) is 4.90 Å². The normalized spacial score (nSPS) is 20.1. The molecule has 0 spiro atoms. The van der Waals surface area contributed by atoms with Crippen LogP contribution in [0.15, 0.2) is 24.3 Å². The van der Waals surface area contributed by atoms with Crippen molar-refractivity contribution in [3.63, 3.8) is 0 Å². The smallest absolute Gasteiger partial charge is 0.410 e. The molecule has 1 aromatic rings. The molecule has 28 heavy (non-hydrogen) atoms. The first kappa shape index (κ1) is 20.5. The molecule has 7 heteroatoms. The van der Waals surface area contributed by atoms with E-state index in [0.29, 0.717) is 32.3 Å². The molecular formula is C21H32N4O3. The number of likely N-dealkylation sites (tertiary alicyclic amines) is 1. The van der Waals surface area contributed by atoms with E-state index in [9.17, 15) is 9.59 Å². The fraction of sp³-hybridized carbons (Fsp3) is 0.619. The molecule has 1 atom stereocenters. The summed E-state index contributed by atoms with van der Waals surface area (Å²) >= 11 is 0. The fourth-order valence-corrected chi connectivity index (χ4v) is 3.84. The van der Waals surface area contributed by atoms with E-state index in [4.69, 9.17) is 4.74 Å². The minimum Gasteiger partial charge on any atom is -0.448 e. The van der Waals surface area contributed by atoms with E-state index in [-0.39, 0.29) is 12.1 Å². The van der Waals surface area contributed by atoms with Crippen molar-refractivity contribution in [2.24, 2.45) is 0 Å². The second-order valence-corrected chi connectivity index (χ2v) is 7.71. The van der Waals surface area contributed by atoms with Crippen LogP contribution in [0.1, 0.15) is 44.6 Å². The molecule has 7 nitrogen and oxygen atoms in total. The van der Waals surface area contributed by atoms with Gasteiger partial charge in [0, 0.05) is 24.8 Å². The highest BCUT2D eigenvalue weighted by atomic mass is 16.6. The summed E-state index contributed by atoms with van der Waals surface area (Å²) in [6, 6.07) is 8.07. The summed E-state index contributed by atoms with van der Waals surface area (Å²) in [4.78, 5) is 27.9. The maximum Gasteiger partial charge on any atom is 0.410 e. The molecule has 0 bridgehead atoms. The minimum absolute atomic E-state index is 0.191. The summed E-state index contributed by atoms with van der Waals surface area (Å²) in [7, 11) is 0. The van der Waals surface area contributed by atoms with Crippen LogP contribution in [0.3, 0.4) is 0 Å². The van der Waals surface area contributed by atoms with E-state index < -0.39 is 0 Å². The van der Waals surface area contributed by atoms with Crippen LogP contribution >= 0.6 is 0 Å². The van der Waals surface area contributed by atoms with E-state index in [1.807, 2.05) is 24.3 Å². The summed E-state index contributed by atoms with van der Waals surface area (Å²) in [5.41, 5.74) is 1.69. The van der Waals surface area contributed by atoms with E-state index in [2.05, 4.69) is 22.5 Å². The molecule has 3 amide bonds. The molecule has 2 fully saturated rings. The SMILES string of the molecule is CC1CCCCN1CCCCNC(=O)Nc1cccc(CN2CCOC2=O)c1. The summed E-state index contributed by atoms with van der Waals surface area (Å²) in [5, 5.41) is 5.80. The molecule has 154 valence electrons. The lowest BCUT2D eigenvalue weighted by Crippen LogP contribution is -2.38. The van der Waals surface area contributed by atoms with Crippen LogP contribution in [0.4, 0.5) is 15.3 Å². The van der Waals surface area contributed by atoms with Crippen LogP contribution < -0.4 is 10.6 Å². The van der Waals surface area contributed by atoms with Gasteiger partial charge in [0.2, 0.25) is 0 Å². The highest BCUT2D eigenvalue weighted by molar-refractivity contribution is 5.89. The van der Waals surface area contributed by atoms with Gasteiger partial charge in [0.1, 0.15) is 6.61 Å². The van der Waals surface area contributed by atoms with E-state index in [0.717, 1.165) is 30.6 Å². The number of nitrogens with zero attached hydrogens (tertiary/aromatic N) is 2. The number of nitrogens with one attached hydrogen (secondary N) is 2. The molecule has 1 aromatic carbocycles. The van der Waals surface area contributed by atoms with Crippen LogP contribution in [0.5, 0.6) is 0 Å². The number of anilines is 1. The lowest BCUT2D eigenvalue weighted by Gasteiger charge is -2.33. The third-order valence-electron chi connectivity index (χ3n) is 5.50. The lowest BCUT2D eigenvalue weighted by molar-refractivity contribution is 0.157. The Hall–Kier alpha value is -2.28. The molecule has 3 rings (SSSR count). The highest BCUT2D eigenvalue weighted by Crippen LogP contribution is 2.17. The Morgan fingerprint density at radius 3 is 2.93 bits per heavy atom. The first-order chi connectivity index (χ1) is 13.6. The van der Waals surface area contributed by atoms with Gasteiger partial charge in [0.05, 0.1) is 6.54 Å². The number of amides is 3. The molecular weight excluding hydrogens is 356 g/mol. The quantitative estimate of drug-likeness (QED) is 0.669. The van der Waals surface area contributed by atoms with Crippen molar-refractivity contribution in [3.05, 3.63) is 29.8 Å². The topological polar surface area (TPSA) is 73.9 Å². The largest absolute Gasteiger partial charge is 0.448 e. The van der Waals surface area contributed by atoms with Crippen molar-refractivity contribution >= 4 is 17.8 Å². The van der Waals surface area contributed by atoms with Crippen LogP contribution in [0.2, 0.25) is 0 Å². The Balaban J connectivity index is 1.34. The Morgan fingerprint density at radius 1 is 1.25 bits per heavy atom. The predicted octanol–water partition coefficient (Wildman–Crippen LogP) is 3.41. The number of hydrogen-bond donors (Lipinski definition) is 2. The Labute approximate surface area is 167 Å². The van der Waals surface area contributed by atoms with Crippen LogP contribution in [-0.2, 0) is 11.3 Å². The third kappa shape index (κ3) is 6.12. The van der Waals surface area contributed by atoms with Gasteiger partial charge in [-0.1, -0.05) is 18.6 Å². The molecule has 0 radical (unpaired) electrons. The van der Waals surface area contributed by atoms with E-state index in [1.165, 1.54) is 25.8 Å². The number of rotatable bonds is 8. The first-order valence-corrected chi connectivity index (χ1v) is 10.4. The molecule has 2 aliphatic rings. The molecule has 1 unspecified atom stereocenters. The Bertz CT molecular complexity index is 667. The zero-order chi connectivity index (χ0) is 19.8. The number of ether oxygens (including phenoxy) is 1. The summed E-state index contributed by atoms with van der Waals surface area (Å²) in [5.74, 6) is 0. The number of benzene rings is 1. The number of carbonyl (C=O) groups is 2. The van der Waals surface area contributed by atoms with Gasteiger partial charge in [-0.25, -0.2) is 9.59 Å². The zero-order valence-corrected chi connectivity index (χ0v) is 16.8. The number of carbonyl (C=O) groups excluding carboxylic acids is 2. The van der Waals surface area contributed by atoms with Crippen molar-refractivity contribution in [2.45, 2.75) is 51.6 Å². The van der Waals surface area contributed by atoms with Crippen molar-refractivity contribution in [3.8, 4) is 0 Å². The standard InChI is InChI=1S/C21H32N4O3/c1-17-7-2-4-11-24(17)12-5-3-10-22-20(26)23-19-9-6-8-18(15-19)16-25-13-14-28-21(25)27/h6,8-9,15,17H,2-5,7,10-14,16H2,1H3,(H2,22,23,26). The van der Waals surface area contributed by atoms with Gasteiger partial charge in [-0.3, -0.25) is 0 Å². The van der Waals surface area contributed by atoms with Gasteiger partial charge < -0.3 is 25.2 Å². The molecule has 2 saturated heterocycles. The second kappa shape index (κ2) is 10.3. The van der Waals surface area contributed by atoms with Crippen molar-refractivity contribution in [1.82, 2.24) is 15.1 Å². The lowest BCUT2D eigenvalue weighted by atomic mass is 10.0. The number of hydrogen-bond acceptors (Lipinski definition) is 4. The van der Waals surface area contributed by atoms with Gasteiger partial charge in [0.15, 0.2) is 0 Å². The molecule has 0 saturated carbocycles. The second-order valence-electron chi connectivity index (χ2n) is 7.71. The van der Waals surface area contributed by atoms with Crippen molar-refractivity contribution in [2.75, 3.05) is 38.1 Å². The monoisotopic (exact) mass is 388 g/mol. The minimum atomic E-state index is -0.282. The Kier molecular flexibility index (Phi) is 7.54. The molecule has 2 N–H and O–H groups in total. The highest BCUT2D eigenvalue weighted by Gasteiger charge is 2.21. The summed E-state index contributed by atoms with van der Waals surface area (Å²) in [6.07, 6.45) is 5.76. The van der Waals surface area contributed by atoms with Crippen LogP contribution in [-0.4, -0.2) is 60.8 Å². The van der Waals surface area contributed by atoms with Gasteiger partial charge in [-0.05, 0) is 63.4 Å². The molecule has 2 heterocycles. The molecule has 0 aliphatic carbocycles. The maximum absolute atomic E-state index is 12.1. The average molecular weight is 389 g/mol. The van der Waals surface area contributed by atoms with Crippen molar-refractivity contribution < 1.29 is 14.3 Å². The number of piperidine rings is 1. The zero-order valence-electron chi connectivity index (χ0n) is 16.8. The van der Waals surface area contributed by atoms with Gasteiger partial charge in [0.25, 0.3) is 0 Å². The Morgan fingerprint density at radius 2 is 2.14 bits per heavy atom. The van der Waals surface area contributed by atoms with E-state index >= 15 is 0 Å². The molecule has 2 aliphatic heterocycles. The fourth-order valence-electron chi connectivity index (χ4n) is 3.84. The predicted molar refractivity (Wildman–Crippen MR) is 109 cm³/mol. The first-order valence-electron chi connectivity index (χ1n) is 10.4. The average Bonchev–Trinajstić information content (AvgIpc) is 3.08. The van der Waals surface area contributed by atoms with Crippen LogP contribution in [0, 0.1) is 0 Å². The van der Waals surface area contributed by atoms with Crippen molar-refractivity contribution in [1.29, 1.82) is 0 Å². The number of unbranched alkanes of at least 4 members (excludes halogenated alkanes) is 1. The maximum atomic E-state index is 12.1. The van der Waals surface area contributed by atoms with Gasteiger partial charge in [-0.15, -0.1) is 0 Å². The molecule has 0 aromatic heterocycles. The summed E-state index contributed by atoms with van der Waals surface area (Å²) < 4.78 is 4.95.